The van der Waals surface area contributed by atoms with E-state index in [1.807, 2.05) is 24.3 Å². The van der Waals surface area contributed by atoms with Crippen molar-refractivity contribution in [2.24, 2.45) is 0 Å². The minimum atomic E-state index is -3.07. The van der Waals surface area contributed by atoms with Crippen LogP contribution in [0, 0.1) is 0 Å². The Labute approximate surface area is 115 Å². The number of rotatable bonds is 4. The zero-order valence-corrected chi connectivity index (χ0v) is 12.5. The SMILES string of the molecule is CC(C)(CNC1CCOc2ccccc21)S(C)(=O)=O. The van der Waals surface area contributed by atoms with E-state index in [1.165, 1.54) is 6.26 Å². The highest BCUT2D eigenvalue weighted by molar-refractivity contribution is 7.92. The van der Waals surface area contributed by atoms with Crippen molar-refractivity contribution in [3.8, 4) is 5.75 Å². The molecule has 0 radical (unpaired) electrons. The van der Waals surface area contributed by atoms with E-state index in [2.05, 4.69) is 5.32 Å². The molecule has 5 heteroatoms. The van der Waals surface area contributed by atoms with Crippen molar-refractivity contribution in [3.05, 3.63) is 29.8 Å². The van der Waals surface area contributed by atoms with Gasteiger partial charge in [0.05, 0.1) is 11.4 Å². The van der Waals surface area contributed by atoms with Gasteiger partial charge in [-0.3, -0.25) is 0 Å². The number of hydrogen-bond donors (Lipinski definition) is 1. The summed E-state index contributed by atoms with van der Waals surface area (Å²) in [6, 6.07) is 8.06. The molecule has 1 atom stereocenters. The predicted molar refractivity (Wildman–Crippen MR) is 76.2 cm³/mol. The molecule has 1 aliphatic rings. The van der Waals surface area contributed by atoms with Gasteiger partial charge in [0.2, 0.25) is 0 Å². The van der Waals surface area contributed by atoms with Gasteiger partial charge in [-0.25, -0.2) is 8.42 Å². The maximum absolute atomic E-state index is 11.7. The van der Waals surface area contributed by atoms with Gasteiger partial charge in [-0.1, -0.05) is 18.2 Å². The summed E-state index contributed by atoms with van der Waals surface area (Å²) in [6.45, 7) is 4.60. The minimum absolute atomic E-state index is 0.158. The summed E-state index contributed by atoms with van der Waals surface area (Å²) in [5, 5.41) is 3.37. The monoisotopic (exact) mass is 283 g/mol. The molecule has 0 aromatic heterocycles. The third-order valence-electron chi connectivity index (χ3n) is 3.74. The molecular weight excluding hydrogens is 262 g/mol. The van der Waals surface area contributed by atoms with Crippen molar-refractivity contribution in [2.45, 2.75) is 31.1 Å². The average molecular weight is 283 g/mol. The molecule has 4 nitrogen and oxygen atoms in total. The third-order valence-corrected chi connectivity index (χ3v) is 5.89. The number of nitrogens with one attached hydrogen (secondary N) is 1. The van der Waals surface area contributed by atoms with E-state index in [1.54, 1.807) is 13.8 Å². The van der Waals surface area contributed by atoms with E-state index in [9.17, 15) is 8.42 Å². The zero-order valence-electron chi connectivity index (χ0n) is 11.6. The molecular formula is C14H21NO3S. The average Bonchev–Trinajstić information content (AvgIpc) is 2.35. The standard InChI is InChI=1S/C14H21NO3S/c1-14(2,19(3,16)17)10-15-12-8-9-18-13-7-5-4-6-11(12)13/h4-7,12,15H,8-10H2,1-3H3. The van der Waals surface area contributed by atoms with E-state index in [4.69, 9.17) is 4.74 Å². The lowest BCUT2D eigenvalue weighted by Gasteiger charge is -2.30. The van der Waals surface area contributed by atoms with Crippen molar-refractivity contribution < 1.29 is 13.2 Å². The van der Waals surface area contributed by atoms with Crippen LogP contribution in [0.25, 0.3) is 0 Å². The van der Waals surface area contributed by atoms with E-state index in [0.29, 0.717) is 13.2 Å². The van der Waals surface area contributed by atoms with Gasteiger partial charge in [-0.05, 0) is 19.9 Å². The number of sulfone groups is 1. The first-order valence-corrected chi connectivity index (χ1v) is 8.35. The van der Waals surface area contributed by atoms with Crippen LogP contribution in [0.3, 0.4) is 0 Å². The van der Waals surface area contributed by atoms with E-state index in [-0.39, 0.29) is 6.04 Å². The zero-order chi connectivity index (χ0) is 14.1. The lowest BCUT2D eigenvalue weighted by molar-refractivity contribution is 0.251. The minimum Gasteiger partial charge on any atom is -0.493 e. The fraction of sp³-hybridized carbons (Fsp3) is 0.571. The molecule has 1 aromatic rings. The van der Waals surface area contributed by atoms with Crippen LogP contribution in [0.4, 0.5) is 0 Å². The first-order valence-electron chi connectivity index (χ1n) is 6.46. The van der Waals surface area contributed by atoms with Gasteiger partial charge >= 0.3 is 0 Å². The quantitative estimate of drug-likeness (QED) is 0.917. The van der Waals surface area contributed by atoms with Crippen molar-refractivity contribution >= 4 is 9.84 Å². The van der Waals surface area contributed by atoms with Crippen LogP contribution in [0.5, 0.6) is 5.75 Å². The summed E-state index contributed by atoms with van der Waals surface area (Å²) >= 11 is 0. The highest BCUT2D eigenvalue weighted by atomic mass is 32.2. The van der Waals surface area contributed by atoms with E-state index >= 15 is 0 Å². The summed E-state index contributed by atoms with van der Waals surface area (Å²) in [7, 11) is -3.07. The first kappa shape index (κ1) is 14.3. The number of ether oxygens (including phenoxy) is 1. The Kier molecular flexibility index (Phi) is 3.87. The second kappa shape index (κ2) is 5.13. The van der Waals surface area contributed by atoms with Gasteiger partial charge in [-0.2, -0.15) is 0 Å². The summed E-state index contributed by atoms with van der Waals surface area (Å²) in [4.78, 5) is 0. The molecule has 0 saturated carbocycles. The van der Waals surface area contributed by atoms with Crippen molar-refractivity contribution in [1.82, 2.24) is 5.32 Å². The molecule has 1 aromatic carbocycles. The smallest absolute Gasteiger partial charge is 0.153 e. The Hall–Kier alpha value is -1.07. The van der Waals surface area contributed by atoms with Gasteiger partial charge < -0.3 is 10.1 Å². The summed E-state index contributed by atoms with van der Waals surface area (Å²) in [6.07, 6.45) is 2.14. The van der Waals surface area contributed by atoms with Crippen LogP contribution >= 0.6 is 0 Å². The topological polar surface area (TPSA) is 55.4 Å². The van der Waals surface area contributed by atoms with Crippen molar-refractivity contribution in [2.75, 3.05) is 19.4 Å². The normalized spacial score (nSPS) is 19.6. The summed E-state index contributed by atoms with van der Waals surface area (Å²) < 4.78 is 28.2. The Bertz CT molecular complexity index is 552. The lowest BCUT2D eigenvalue weighted by atomic mass is 10.00. The van der Waals surface area contributed by atoms with Gasteiger partial charge in [-0.15, -0.1) is 0 Å². The van der Waals surface area contributed by atoms with E-state index in [0.717, 1.165) is 17.7 Å². The molecule has 0 aliphatic carbocycles. The molecule has 0 fully saturated rings. The molecule has 19 heavy (non-hydrogen) atoms. The van der Waals surface area contributed by atoms with Gasteiger partial charge in [0.15, 0.2) is 9.84 Å². The number of hydrogen-bond acceptors (Lipinski definition) is 4. The number of fused-ring (bicyclic) bond motifs is 1. The molecule has 1 heterocycles. The Morgan fingerprint density at radius 1 is 1.37 bits per heavy atom. The maximum atomic E-state index is 11.7. The van der Waals surface area contributed by atoms with Crippen LogP contribution in [-0.4, -0.2) is 32.6 Å². The van der Waals surface area contributed by atoms with Crippen LogP contribution in [0.2, 0.25) is 0 Å². The fourth-order valence-electron chi connectivity index (χ4n) is 2.05. The summed E-state index contributed by atoms with van der Waals surface area (Å²) in [5.74, 6) is 0.892. The first-order chi connectivity index (χ1) is 8.81. The molecule has 1 N–H and O–H groups in total. The van der Waals surface area contributed by atoms with Crippen LogP contribution < -0.4 is 10.1 Å². The highest BCUT2D eigenvalue weighted by Crippen LogP contribution is 2.31. The van der Waals surface area contributed by atoms with Crippen molar-refractivity contribution in [3.63, 3.8) is 0 Å². The molecule has 0 bridgehead atoms. The molecule has 0 spiro atoms. The number of benzene rings is 1. The Morgan fingerprint density at radius 2 is 2.05 bits per heavy atom. The summed E-state index contributed by atoms with van der Waals surface area (Å²) in [5.41, 5.74) is 1.11. The largest absolute Gasteiger partial charge is 0.493 e. The molecule has 2 rings (SSSR count). The highest BCUT2D eigenvalue weighted by Gasteiger charge is 2.31. The predicted octanol–water partition coefficient (Wildman–Crippen LogP) is 1.92. The van der Waals surface area contributed by atoms with Crippen LogP contribution in [0.15, 0.2) is 24.3 Å². The Morgan fingerprint density at radius 3 is 2.74 bits per heavy atom. The second-order valence-electron chi connectivity index (χ2n) is 5.64. The molecule has 1 aliphatic heterocycles. The number of para-hydroxylation sites is 1. The fourth-order valence-corrected chi connectivity index (χ4v) is 2.40. The molecule has 1 unspecified atom stereocenters. The van der Waals surface area contributed by atoms with Crippen LogP contribution in [-0.2, 0) is 9.84 Å². The Balaban J connectivity index is 2.10. The van der Waals surface area contributed by atoms with Crippen LogP contribution in [0.1, 0.15) is 31.9 Å². The maximum Gasteiger partial charge on any atom is 0.153 e. The third kappa shape index (κ3) is 3.09. The second-order valence-corrected chi connectivity index (χ2v) is 8.29. The van der Waals surface area contributed by atoms with Gasteiger partial charge in [0.1, 0.15) is 5.75 Å². The van der Waals surface area contributed by atoms with E-state index < -0.39 is 14.6 Å². The van der Waals surface area contributed by atoms with Gasteiger partial charge in [0.25, 0.3) is 0 Å². The van der Waals surface area contributed by atoms with Crippen molar-refractivity contribution in [1.29, 1.82) is 0 Å². The molecule has 0 amide bonds. The lowest BCUT2D eigenvalue weighted by Crippen LogP contribution is -2.43. The van der Waals surface area contributed by atoms with Gasteiger partial charge in [0, 0.05) is 30.8 Å². The molecule has 0 saturated heterocycles. The molecule has 106 valence electrons.